The molecule has 0 unspecified atom stereocenters. The van der Waals surface area contributed by atoms with E-state index in [1.54, 1.807) is 4.90 Å². The van der Waals surface area contributed by atoms with Gasteiger partial charge in [0, 0.05) is 17.8 Å². The van der Waals surface area contributed by atoms with Gasteiger partial charge in [-0.05, 0) is 44.4 Å². The molecule has 0 radical (unpaired) electrons. The zero-order valence-corrected chi connectivity index (χ0v) is 13.0. The molecule has 23 heavy (non-hydrogen) atoms. The minimum atomic E-state index is -2.59. The molecule has 1 aliphatic heterocycles. The highest BCUT2D eigenvalue weighted by atomic mass is 19.3. The standard InChI is InChI=1S/C16H21F2N3O2/c17-15(18)14-11-4-1-5-12(11)21(19-14)8-13(23)20-6-2-3-10-7-16(10,20)9-22/h10,15,22H,1-9H2/t10-,16-/m1/s1. The Labute approximate surface area is 133 Å². The summed E-state index contributed by atoms with van der Waals surface area (Å²) < 4.78 is 27.7. The van der Waals surface area contributed by atoms with E-state index in [2.05, 4.69) is 5.10 Å². The van der Waals surface area contributed by atoms with Crippen LogP contribution in [0, 0.1) is 5.92 Å². The van der Waals surface area contributed by atoms with Gasteiger partial charge in [-0.25, -0.2) is 8.78 Å². The summed E-state index contributed by atoms with van der Waals surface area (Å²) in [7, 11) is 0. The lowest BCUT2D eigenvalue weighted by atomic mass is 10.0. The summed E-state index contributed by atoms with van der Waals surface area (Å²) in [5, 5.41) is 13.7. The van der Waals surface area contributed by atoms with Gasteiger partial charge in [-0.1, -0.05) is 0 Å². The molecule has 4 rings (SSSR count). The van der Waals surface area contributed by atoms with Crippen molar-refractivity contribution in [2.24, 2.45) is 5.92 Å². The number of fused-ring (bicyclic) bond motifs is 2. The van der Waals surface area contributed by atoms with Crippen molar-refractivity contribution in [2.45, 2.75) is 57.0 Å². The van der Waals surface area contributed by atoms with E-state index in [9.17, 15) is 18.7 Å². The van der Waals surface area contributed by atoms with Crippen LogP contribution in [0.25, 0.3) is 0 Å². The van der Waals surface area contributed by atoms with Crippen LogP contribution in [0.4, 0.5) is 8.78 Å². The molecular weight excluding hydrogens is 304 g/mol. The molecular formula is C16H21F2N3O2. The maximum Gasteiger partial charge on any atom is 0.282 e. The van der Waals surface area contributed by atoms with Crippen LogP contribution in [0.1, 0.15) is 49.1 Å². The van der Waals surface area contributed by atoms with Gasteiger partial charge in [-0.3, -0.25) is 9.48 Å². The number of piperidine rings is 1. The van der Waals surface area contributed by atoms with Gasteiger partial charge in [-0.15, -0.1) is 0 Å². The topological polar surface area (TPSA) is 58.4 Å². The van der Waals surface area contributed by atoms with Crippen LogP contribution < -0.4 is 0 Å². The van der Waals surface area contributed by atoms with Gasteiger partial charge in [0.2, 0.25) is 5.91 Å². The number of carbonyl (C=O) groups is 1. The molecule has 3 aliphatic rings. The molecule has 1 saturated heterocycles. The highest BCUT2D eigenvalue weighted by Crippen LogP contribution is 2.53. The summed E-state index contributed by atoms with van der Waals surface area (Å²) in [5.74, 6) is 0.282. The predicted molar refractivity (Wildman–Crippen MR) is 78.1 cm³/mol. The Kier molecular flexibility index (Phi) is 3.44. The lowest BCUT2D eigenvalue weighted by Gasteiger charge is -2.35. The first-order chi connectivity index (χ1) is 11.1. The second-order valence-electron chi connectivity index (χ2n) is 6.97. The molecule has 0 aromatic carbocycles. The highest BCUT2D eigenvalue weighted by molar-refractivity contribution is 5.78. The number of carbonyl (C=O) groups excluding carboxylic acids is 1. The third-order valence-corrected chi connectivity index (χ3v) is 5.78. The average Bonchev–Trinajstić information content (AvgIpc) is 2.90. The molecule has 1 amide bonds. The van der Waals surface area contributed by atoms with Crippen molar-refractivity contribution >= 4 is 5.91 Å². The summed E-state index contributed by atoms with van der Waals surface area (Å²) in [6.07, 6.45) is 2.42. The molecule has 2 heterocycles. The highest BCUT2D eigenvalue weighted by Gasteiger charge is 2.60. The lowest BCUT2D eigenvalue weighted by molar-refractivity contribution is -0.138. The summed E-state index contributed by atoms with van der Waals surface area (Å²) in [5.41, 5.74) is 0.866. The van der Waals surface area contributed by atoms with Crippen LogP contribution in [0.3, 0.4) is 0 Å². The van der Waals surface area contributed by atoms with Crippen LogP contribution in [-0.4, -0.2) is 44.4 Å². The van der Waals surface area contributed by atoms with E-state index in [0.717, 1.165) is 31.4 Å². The number of aromatic nitrogens is 2. The van der Waals surface area contributed by atoms with Gasteiger partial charge in [0.05, 0.1) is 12.1 Å². The average molecular weight is 325 g/mol. The van der Waals surface area contributed by atoms with E-state index in [0.29, 0.717) is 30.9 Å². The second kappa shape index (κ2) is 5.26. The quantitative estimate of drug-likeness (QED) is 0.916. The van der Waals surface area contributed by atoms with Crippen molar-refractivity contribution in [1.29, 1.82) is 0 Å². The fraction of sp³-hybridized carbons (Fsp3) is 0.750. The fourth-order valence-corrected chi connectivity index (χ4v) is 4.50. The first kappa shape index (κ1) is 15.1. The van der Waals surface area contributed by atoms with Gasteiger partial charge in [0.15, 0.2) is 0 Å². The van der Waals surface area contributed by atoms with Gasteiger partial charge < -0.3 is 10.0 Å². The van der Waals surface area contributed by atoms with Crippen molar-refractivity contribution in [3.63, 3.8) is 0 Å². The van der Waals surface area contributed by atoms with Crippen molar-refractivity contribution in [2.75, 3.05) is 13.2 Å². The van der Waals surface area contributed by atoms with Crippen molar-refractivity contribution in [3.05, 3.63) is 17.0 Å². The van der Waals surface area contributed by atoms with E-state index < -0.39 is 12.0 Å². The van der Waals surface area contributed by atoms with E-state index in [-0.39, 0.29) is 24.8 Å². The van der Waals surface area contributed by atoms with E-state index in [4.69, 9.17) is 0 Å². The zero-order chi connectivity index (χ0) is 16.2. The number of alkyl halides is 2. The molecule has 1 aromatic rings. The minimum absolute atomic E-state index is 0.00350. The second-order valence-corrected chi connectivity index (χ2v) is 6.97. The van der Waals surface area contributed by atoms with Gasteiger partial charge in [0.25, 0.3) is 6.43 Å². The summed E-state index contributed by atoms with van der Waals surface area (Å²) in [6, 6.07) is 0. The fourth-order valence-electron chi connectivity index (χ4n) is 4.50. The molecule has 1 aromatic heterocycles. The smallest absolute Gasteiger partial charge is 0.282 e. The number of likely N-dealkylation sites (tertiary alicyclic amines) is 1. The summed E-state index contributed by atoms with van der Waals surface area (Å²) in [6.45, 7) is 0.632. The van der Waals surface area contributed by atoms with E-state index in [1.165, 1.54) is 4.68 Å². The zero-order valence-electron chi connectivity index (χ0n) is 13.0. The maximum atomic E-state index is 13.1. The van der Waals surface area contributed by atoms with Crippen LogP contribution in [0.15, 0.2) is 0 Å². The third-order valence-electron chi connectivity index (χ3n) is 5.78. The van der Waals surface area contributed by atoms with Crippen LogP contribution >= 0.6 is 0 Å². The monoisotopic (exact) mass is 325 g/mol. The van der Waals surface area contributed by atoms with E-state index >= 15 is 0 Å². The molecule has 1 saturated carbocycles. The van der Waals surface area contributed by atoms with Crippen LogP contribution in [0.5, 0.6) is 0 Å². The predicted octanol–water partition coefficient (Wildman–Crippen LogP) is 1.68. The number of aliphatic hydroxyl groups excluding tert-OH is 1. The molecule has 1 N–H and O–H groups in total. The SMILES string of the molecule is O=C(Cn1nc(C(F)F)c2c1CCC2)N1CCC[C@@H]2C[C@@]21CO. The van der Waals surface area contributed by atoms with Gasteiger partial charge in [0.1, 0.15) is 12.2 Å². The number of hydrogen-bond donors (Lipinski definition) is 1. The van der Waals surface area contributed by atoms with Crippen LogP contribution in [-0.2, 0) is 24.2 Å². The Bertz CT molecular complexity index is 646. The summed E-state index contributed by atoms with van der Waals surface area (Å²) in [4.78, 5) is 14.5. The first-order valence-corrected chi connectivity index (χ1v) is 8.35. The molecule has 0 spiro atoms. The van der Waals surface area contributed by atoms with Gasteiger partial charge in [-0.2, -0.15) is 5.10 Å². The number of aliphatic hydroxyl groups is 1. The lowest BCUT2D eigenvalue weighted by Crippen LogP contribution is -2.50. The maximum absolute atomic E-state index is 13.1. The molecule has 5 nitrogen and oxygen atoms in total. The molecule has 0 bridgehead atoms. The van der Waals surface area contributed by atoms with Crippen LogP contribution in [0.2, 0.25) is 0 Å². The largest absolute Gasteiger partial charge is 0.394 e. The number of hydrogen-bond acceptors (Lipinski definition) is 3. The third kappa shape index (κ3) is 2.20. The Morgan fingerprint density at radius 2 is 2.22 bits per heavy atom. The van der Waals surface area contributed by atoms with Crippen molar-refractivity contribution < 1.29 is 18.7 Å². The van der Waals surface area contributed by atoms with Crippen molar-refractivity contribution in [1.82, 2.24) is 14.7 Å². The first-order valence-electron chi connectivity index (χ1n) is 8.35. The summed E-state index contributed by atoms with van der Waals surface area (Å²) >= 11 is 0. The Morgan fingerprint density at radius 1 is 1.39 bits per heavy atom. The number of nitrogens with zero attached hydrogens (tertiary/aromatic N) is 3. The van der Waals surface area contributed by atoms with Crippen molar-refractivity contribution in [3.8, 4) is 0 Å². The number of rotatable bonds is 4. The molecule has 7 heteroatoms. The Balaban J connectivity index is 1.57. The number of halogens is 2. The Morgan fingerprint density at radius 3 is 2.96 bits per heavy atom. The molecule has 126 valence electrons. The van der Waals surface area contributed by atoms with Gasteiger partial charge >= 0.3 is 0 Å². The molecule has 2 atom stereocenters. The molecule has 2 fully saturated rings. The molecule has 2 aliphatic carbocycles. The Hall–Kier alpha value is -1.50. The minimum Gasteiger partial charge on any atom is -0.394 e. The van der Waals surface area contributed by atoms with E-state index in [1.807, 2.05) is 0 Å². The normalized spacial score (nSPS) is 28.9. The number of amides is 1.